The van der Waals surface area contributed by atoms with Crippen molar-refractivity contribution in [2.24, 2.45) is 0 Å². The molecule has 0 unspecified atom stereocenters. The smallest absolute Gasteiger partial charge is 0.410 e. The van der Waals surface area contributed by atoms with E-state index in [4.69, 9.17) is 21.6 Å². The van der Waals surface area contributed by atoms with Crippen molar-refractivity contribution in [3.05, 3.63) is 35.4 Å². The van der Waals surface area contributed by atoms with Crippen LogP contribution < -0.4 is 4.90 Å². The van der Waals surface area contributed by atoms with E-state index in [1.165, 1.54) is 0 Å². The van der Waals surface area contributed by atoms with Crippen LogP contribution in [0.3, 0.4) is 0 Å². The number of amides is 1. The summed E-state index contributed by atoms with van der Waals surface area (Å²) in [6.45, 7) is 11.9. The molecule has 128 valence electrons. The van der Waals surface area contributed by atoms with Gasteiger partial charge < -0.3 is 14.5 Å². The number of benzene rings is 1. The summed E-state index contributed by atoms with van der Waals surface area (Å²) < 4.78 is 5.40. The van der Waals surface area contributed by atoms with Crippen molar-refractivity contribution in [3.8, 4) is 6.07 Å². The lowest BCUT2D eigenvalue weighted by Gasteiger charge is -2.36. The summed E-state index contributed by atoms with van der Waals surface area (Å²) in [7, 11) is 0. The van der Waals surface area contributed by atoms with Gasteiger partial charge in [-0.2, -0.15) is 5.26 Å². The summed E-state index contributed by atoms with van der Waals surface area (Å²) in [4.78, 5) is 16.0. The van der Waals surface area contributed by atoms with Crippen LogP contribution in [0.1, 0.15) is 26.3 Å². The molecule has 0 spiro atoms. The van der Waals surface area contributed by atoms with Crippen molar-refractivity contribution in [2.45, 2.75) is 26.4 Å². The van der Waals surface area contributed by atoms with E-state index in [1.54, 1.807) is 4.90 Å². The van der Waals surface area contributed by atoms with Gasteiger partial charge in [-0.3, -0.25) is 0 Å². The molecule has 1 aromatic carbocycles. The van der Waals surface area contributed by atoms with Crippen molar-refractivity contribution in [1.29, 1.82) is 5.26 Å². The van der Waals surface area contributed by atoms with Gasteiger partial charge in [-0.05, 0) is 32.9 Å². The maximum absolute atomic E-state index is 12.1. The van der Waals surface area contributed by atoms with Gasteiger partial charge >= 0.3 is 6.09 Å². The van der Waals surface area contributed by atoms with Crippen molar-refractivity contribution in [1.82, 2.24) is 4.90 Å². The van der Waals surface area contributed by atoms with Gasteiger partial charge in [0, 0.05) is 37.4 Å². The Bertz CT molecular complexity index is 680. The number of nitriles is 1. The first-order chi connectivity index (χ1) is 11.2. The molecule has 1 aromatic rings. The zero-order valence-electron chi connectivity index (χ0n) is 14.3. The summed E-state index contributed by atoms with van der Waals surface area (Å²) in [6.07, 6.45) is -0.277. The minimum Gasteiger partial charge on any atom is -0.444 e. The molecule has 1 heterocycles. The normalized spacial score (nSPS) is 15.0. The van der Waals surface area contributed by atoms with Crippen molar-refractivity contribution in [3.63, 3.8) is 0 Å². The second-order valence-electron chi connectivity index (χ2n) is 6.71. The number of hydrogen-bond donors (Lipinski definition) is 0. The van der Waals surface area contributed by atoms with E-state index >= 15 is 0 Å². The Balaban J connectivity index is 2.00. The number of piperazine rings is 1. The zero-order chi connectivity index (χ0) is 17.9. The highest BCUT2D eigenvalue weighted by Crippen LogP contribution is 2.28. The molecule has 1 aliphatic heterocycles. The summed E-state index contributed by atoms with van der Waals surface area (Å²) in [6, 6.07) is 7.58. The molecule has 6 heteroatoms. The van der Waals surface area contributed by atoms with Crippen LogP contribution >= 0.6 is 11.6 Å². The van der Waals surface area contributed by atoms with Gasteiger partial charge in [0.25, 0.3) is 0 Å². The fourth-order valence-electron chi connectivity index (χ4n) is 2.48. The Hall–Kier alpha value is -2.19. The topological polar surface area (TPSA) is 56.6 Å². The van der Waals surface area contributed by atoms with E-state index in [-0.39, 0.29) is 6.09 Å². The Morgan fingerprint density at radius 1 is 1.29 bits per heavy atom. The third kappa shape index (κ3) is 4.42. The van der Waals surface area contributed by atoms with Gasteiger partial charge in [0.15, 0.2) is 0 Å². The van der Waals surface area contributed by atoms with Crippen LogP contribution in [0.15, 0.2) is 24.8 Å². The third-order valence-electron chi connectivity index (χ3n) is 3.71. The number of ether oxygens (including phenoxy) is 1. The molecule has 1 saturated heterocycles. The van der Waals surface area contributed by atoms with Crippen LogP contribution in [0, 0.1) is 11.3 Å². The summed E-state index contributed by atoms with van der Waals surface area (Å²) in [5.41, 5.74) is 1.48. The molecule has 2 rings (SSSR count). The van der Waals surface area contributed by atoms with Crippen LogP contribution in [0.4, 0.5) is 10.5 Å². The van der Waals surface area contributed by atoms with Gasteiger partial charge in [-0.25, -0.2) is 4.79 Å². The number of hydrogen-bond acceptors (Lipinski definition) is 4. The first-order valence-electron chi connectivity index (χ1n) is 7.83. The molecular weight excluding hydrogens is 326 g/mol. The average molecular weight is 348 g/mol. The van der Waals surface area contributed by atoms with Crippen LogP contribution in [0.5, 0.6) is 0 Å². The van der Waals surface area contributed by atoms with Crippen molar-refractivity contribution < 1.29 is 9.53 Å². The highest BCUT2D eigenvalue weighted by Gasteiger charge is 2.26. The number of halogens is 1. The molecular formula is C18H22ClN3O2. The fraction of sp³-hybridized carbons (Fsp3) is 0.444. The van der Waals surface area contributed by atoms with Gasteiger partial charge in [0.1, 0.15) is 5.60 Å². The Morgan fingerprint density at radius 2 is 1.92 bits per heavy atom. The number of rotatable bonds is 2. The lowest BCUT2D eigenvalue weighted by atomic mass is 10.1. The molecule has 5 nitrogen and oxygen atoms in total. The molecule has 1 aliphatic rings. The quantitative estimate of drug-likeness (QED) is 0.760. The number of anilines is 1. The number of allylic oxidation sites excluding steroid dienone is 1. The molecule has 0 aliphatic carbocycles. The van der Waals surface area contributed by atoms with E-state index in [0.717, 1.165) is 5.69 Å². The van der Waals surface area contributed by atoms with Gasteiger partial charge in [0.05, 0.1) is 16.7 Å². The molecule has 24 heavy (non-hydrogen) atoms. The monoisotopic (exact) mass is 347 g/mol. The average Bonchev–Trinajstić information content (AvgIpc) is 2.52. The van der Waals surface area contributed by atoms with Crippen LogP contribution in [0.2, 0.25) is 5.02 Å². The fourth-order valence-corrected chi connectivity index (χ4v) is 2.77. The van der Waals surface area contributed by atoms with Crippen LogP contribution in [0.25, 0.3) is 5.57 Å². The summed E-state index contributed by atoms with van der Waals surface area (Å²) >= 11 is 6.25. The van der Waals surface area contributed by atoms with Crippen LogP contribution in [-0.2, 0) is 4.74 Å². The minimum atomic E-state index is -0.485. The van der Waals surface area contributed by atoms with E-state index in [2.05, 4.69) is 11.5 Å². The maximum Gasteiger partial charge on any atom is 0.410 e. The Morgan fingerprint density at radius 3 is 2.42 bits per heavy atom. The lowest BCUT2D eigenvalue weighted by Crippen LogP contribution is -2.50. The molecule has 1 fully saturated rings. The Kier molecular flexibility index (Phi) is 5.40. The molecule has 0 N–H and O–H groups in total. The first kappa shape index (κ1) is 18.2. The maximum atomic E-state index is 12.1. The second kappa shape index (κ2) is 7.14. The lowest BCUT2D eigenvalue weighted by molar-refractivity contribution is 0.0240. The number of carbonyl (C=O) groups is 1. The Labute approximate surface area is 148 Å². The molecule has 0 bridgehead atoms. The van der Waals surface area contributed by atoms with E-state index < -0.39 is 5.60 Å². The highest BCUT2D eigenvalue weighted by molar-refractivity contribution is 6.32. The van der Waals surface area contributed by atoms with Gasteiger partial charge in [-0.1, -0.05) is 24.2 Å². The largest absolute Gasteiger partial charge is 0.444 e. The van der Waals surface area contributed by atoms with Crippen LogP contribution in [-0.4, -0.2) is 42.8 Å². The van der Waals surface area contributed by atoms with E-state index in [0.29, 0.717) is 42.3 Å². The zero-order valence-corrected chi connectivity index (χ0v) is 15.1. The molecule has 1 amide bonds. The van der Waals surface area contributed by atoms with Crippen molar-refractivity contribution >= 4 is 29.0 Å². The molecule has 0 saturated carbocycles. The van der Waals surface area contributed by atoms with Gasteiger partial charge in [0.2, 0.25) is 0 Å². The SMILES string of the molecule is C=C(C#N)c1ccc(N2CCN(C(=O)OC(C)(C)C)CC2)cc1Cl. The standard InChI is InChI=1S/C18H22ClN3O2/c1-13(12-20)15-6-5-14(11-16(15)19)21-7-9-22(10-8-21)17(23)24-18(2,3)4/h5-6,11H,1,7-10H2,2-4H3. The predicted molar refractivity (Wildman–Crippen MR) is 96.1 cm³/mol. The second-order valence-corrected chi connectivity index (χ2v) is 7.12. The molecule has 0 atom stereocenters. The number of nitrogens with zero attached hydrogens (tertiary/aromatic N) is 3. The molecule has 0 aromatic heterocycles. The summed E-state index contributed by atoms with van der Waals surface area (Å²) in [5.74, 6) is 0. The van der Waals surface area contributed by atoms with Crippen molar-refractivity contribution in [2.75, 3.05) is 31.1 Å². The molecule has 0 radical (unpaired) electrons. The van der Waals surface area contributed by atoms with E-state index in [9.17, 15) is 4.79 Å². The first-order valence-corrected chi connectivity index (χ1v) is 8.21. The minimum absolute atomic E-state index is 0.277. The highest BCUT2D eigenvalue weighted by atomic mass is 35.5. The number of carbonyl (C=O) groups excluding carboxylic acids is 1. The van der Waals surface area contributed by atoms with Gasteiger partial charge in [-0.15, -0.1) is 0 Å². The van der Waals surface area contributed by atoms with E-state index in [1.807, 2.05) is 45.0 Å². The predicted octanol–water partition coefficient (Wildman–Crippen LogP) is 3.93. The summed E-state index contributed by atoms with van der Waals surface area (Å²) in [5, 5.41) is 9.43. The third-order valence-corrected chi connectivity index (χ3v) is 4.02.